The first-order chi connectivity index (χ1) is 7.15. The standard InChI is InChI=1S/C7H6N4O4/c1-15-7(12)10-9-5-3-2-4-8-6(5)11(13)14/h2-4H,1H3. The summed E-state index contributed by atoms with van der Waals surface area (Å²) in [4.78, 5) is 23.8. The smallest absolute Gasteiger partial charge is 0.450 e. The Bertz CT molecular complexity index is 417. The lowest BCUT2D eigenvalue weighted by molar-refractivity contribution is -0.388. The molecule has 0 aliphatic carbocycles. The molecule has 15 heavy (non-hydrogen) atoms. The molecule has 0 bridgehead atoms. The van der Waals surface area contributed by atoms with Crippen molar-refractivity contribution in [1.29, 1.82) is 0 Å². The van der Waals surface area contributed by atoms with Gasteiger partial charge in [-0.25, -0.2) is 4.79 Å². The van der Waals surface area contributed by atoms with Gasteiger partial charge in [-0.2, -0.15) is 0 Å². The van der Waals surface area contributed by atoms with Gasteiger partial charge in [0.25, 0.3) is 0 Å². The van der Waals surface area contributed by atoms with E-state index in [4.69, 9.17) is 0 Å². The summed E-state index contributed by atoms with van der Waals surface area (Å²) >= 11 is 0. The molecular formula is C7H6N4O4. The lowest BCUT2D eigenvalue weighted by Gasteiger charge is -1.94. The maximum atomic E-state index is 10.6. The lowest BCUT2D eigenvalue weighted by atomic mass is 10.4. The van der Waals surface area contributed by atoms with E-state index in [1.54, 1.807) is 0 Å². The molecule has 0 spiro atoms. The van der Waals surface area contributed by atoms with Crippen LogP contribution in [0.3, 0.4) is 0 Å². The Hall–Kier alpha value is -2.38. The molecule has 1 heterocycles. The number of aromatic nitrogens is 1. The van der Waals surface area contributed by atoms with Crippen LogP contribution in [0.5, 0.6) is 0 Å². The van der Waals surface area contributed by atoms with Crippen LogP contribution in [0.2, 0.25) is 0 Å². The molecule has 0 saturated carbocycles. The fourth-order valence-electron chi connectivity index (χ4n) is 0.743. The van der Waals surface area contributed by atoms with Crippen LogP contribution in [0.15, 0.2) is 28.6 Å². The molecule has 0 saturated heterocycles. The molecule has 0 N–H and O–H groups in total. The molecule has 1 rings (SSSR count). The summed E-state index contributed by atoms with van der Waals surface area (Å²) in [5.74, 6) is -0.467. The van der Waals surface area contributed by atoms with Crippen molar-refractivity contribution in [2.75, 3.05) is 7.11 Å². The number of carbonyl (C=O) groups excluding carboxylic acids is 1. The van der Waals surface area contributed by atoms with Gasteiger partial charge in [0.1, 0.15) is 6.20 Å². The minimum Gasteiger partial charge on any atom is -0.450 e. The van der Waals surface area contributed by atoms with Gasteiger partial charge >= 0.3 is 11.9 Å². The number of rotatable bonds is 2. The van der Waals surface area contributed by atoms with Crippen LogP contribution in [0.4, 0.5) is 16.3 Å². The van der Waals surface area contributed by atoms with Gasteiger partial charge in [0.05, 0.1) is 7.11 Å². The first kappa shape index (κ1) is 10.7. The Morgan fingerprint density at radius 1 is 1.67 bits per heavy atom. The minimum atomic E-state index is -0.937. The molecule has 1 aromatic rings. The van der Waals surface area contributed by atoms with Crippen molar-refractivity contribution < 1.29 is 14.5 Å². The summed E-state index contributed by atoms with van der Waals surface area (Å²) < 4.78 is 4.18. The van der Waals surface area contributed by atoms with E-state index in [0.717, 1.165) is 7.11 Å². The molecule has 8 nitrogen and oxygen atoms in total. The van der Waals surface area contributed by atoms with E-state index in [0.29, 0.717) is 0 Å². The summed E-state index contributed by atoms with van der Waals surface area (Å²) in [6.07, 6.45) is 0.308. The molecule has 0 aromatic carbocycles. The number of azo groups is 1. The van der Waals surface area contributed by atoms with E-state index < -0.39 is 16.8 Å². The zero-order chi connectivity index (χ0) is 11.3. The average Bonchev–Trinajstić information content (AvgIpc) is 2.26. The highest BCUT2D eigenvalue weighted by molar-refractivity contribution is 5.68. The van der Waals surface area contributed by atoms with Gasteiger partial charge in [0, 0.05) is 0 Å². The Labute approximate surface area is 83.8 Å². The number of hydrogen-bond acceptors (Lipinski definition) is 6. The molecule has 0 aliphatic rings. The number of amides is 1. The predicted octanol–water partition coefficient (Wildman–Crippen LogP) is 1.84. The van der Waals surface area contributed by atoms with Crippen molar-refractivity contribution in [3.8, 4) is 0 Å². The molecule has 0 atom stereocenters. The van der Waals surface area contributed by atoms with Gasteiger partial charge in [-0.05, 0) is 22.0 Å². The normalized spacial score (nSPS) is 10.2. The highest BCUT2D eigenvalue weighted by atomic mass is 16.6. The van der Waals surface area contributed by atoms with Gasteiger partial charge in [-0.1, -0.05) is 5.11 Å². The van der Waals surface area contributed by atoms with Crippen molar-refractivity contribution in [1.82, 2.24) is 4.98 Å². The third-order valence-electron chi connectivity index (χ3n) is 1.35. The van der Waals surface area contributed by atoms with Crippen molar-refractivity contribution in [2.24, 2.45) is 10.2 Å². The number of nitrogens with zero attached hydrogens (tertiary/aromatic N) is 4. The number of pyridine rings is 1. The van der Waals surface area contributed by atoms with E-state index in [1.807, 2.05) is 0 Å². The molecular weight excluding hydrogens is 204 g/mol. The molecule has 1 aromatic heterocycles. The predicted molar refractivity (Wildman–Crippen MR) is 47.8 cm³/mol. The summed E-state index contributed by atoms with van der Waals surface area (Å²) in [5.41, 5.74) is -0.104. The Kier molecular flexibility index (Phi) is 3.38. The lowest BCUT2D eigenvalue weighted by Crippen LogP contribution is -1.93. The highest BCUT2D eigenvalue weighted by Crippen LogP contribution is 2.23. The van der Waals surface area contributed by atoms with Gasteiger partial charge in [-0.15, -0.1) is 5.11 Å². The highest BCUT2D eigenvalue weighted by Gasteiger charge is 2.13. The van der Waals surface area contributed by atoms with Crippen molar-refractivity contribution in [3.63, 3.8) is 0 Å². The van der Waals surface area contributed by atoms with E-state index >= 15 is 0 Å². The molecule has 78 valence electrons. The van der Waals surface area contributed by atoms with E-state index in [9.17, 15) is 14.9 Å². The van der Waals surface area contributed by atoms with Crippen LogP contribution in [0.25, 0.3) is 0 Å². The van der Waals surface area contributed by atoms with Crippen molar-refractivity contribution in [2.45, 2.75) is 0 Å². The van der Waals surface area contributed by atoms with Crippen LogP contribution >= 0.6 is 0 Å². The fraction of sp³-hybridized carbons (Fsp3) is 0.143. The van der Waals surface area contributed by atoms with E-state index in [-0.39, 0.29) is 5.69 Å². The summed E-state index contributed by atoms with van der Waals surface area (Å²) in [6, 6.07) is 2.76. The zero-order valence-corrected chi connectivity index (χ0v) is 7.65. The SMILES string of the molecule is COC(=O)N=Nc1cccnc1[N+](=O)[O-]. The van der Waals surface area contributed by atoms with Crippen LogP contribution in [-0.2, 0) is 4.74 Å². The third kappa shape index (κ3) is 2.79. The van der Waals surface area contributed by atoms with Gasteiger partial charge in [-0.3, -0.25) is 0 Å². The summed E-state index contributed by atoms with van der Waals surface area (Å²) in [6.45, 7) is 0. The molecule has 0 aliphatic heterocycles. The van der Waals surface area contributed by atoms with E-state index in [2.05, 4.69) is 19.9 Å². The summed E-state index contributed by atoms with van der Waals surface area (Å²) in [7, 11) is 1.12. The number of nitro groups is 1. The Morgan fingerprint density at radius 3 is 3.00 bits per heavy atom. The maximum Gasteiger partial charge on any atom is 0.452 e. The fourth-order valence-corrected chi connectivity index (χ4v) is 0.743. The maximum absolute atomic E-state index is 10.6. The second-order valence-corrected chi connectivity index (χ2v) is 2.27. The Morgan fingerprint density at radius 2 is 2.40 bits per heavy atom. The molecule has 0 radical (unpaired) electrons. The van der Waals surface area contributed by atoms with Crippen molar-refractivity contribution >= 4 is 17.6 Å². The minimum absolute atomic E-state index is 0.104. The average molecular weight is 210 g/mol. The second-order valence-electron chi connectivity index (χ2n) is 2.27. The first-order valence-electron chi connectivity index (χ1n) is 3.74. The van der Waals surface area contributed by atoms with Crippen LogP contribution in [0.1, 0.15) is 0 Å². The molecule has 8 heteroatoms. The second kappa shape index (κ2) is 4.74. The van der Waals surface area contributed by atoms with Crippen LogP contribution < -0.4 is 0 Å². The quantitative estimate of drug-likeness (QED) is 0.420. The number of carbonyl (C=O) groups is 1. The van der Waals surface area contributed by atoms with E-state index in [1.165, 1.54) is 18.3 Å². The van der Waals surface area contributed by atoms with Gasteiger partial charge in [0.2, 0.25) is 0 Å². The number of hydrogen-bond donors (Lipinski definition) is 0. The van der Waals surface area contributed by atoms with Gasteiger partial charge in [0.15, 0.2) is 5.69 Å². The zero-order valence-electron chi connectivity index (χ0n) is 7.65. The number of ether oxygens (including phenoxy) is 1. The number of methoxy groups -OCH3 is 1. The molecule has 0 unspecified atom stereocenters. The van der Waals surface area contributed by atoms with Crippen LogP contribution in [0, 0.1) is 10.1 Å². The van der Waals surface area contributed by atoms with Crippen molar-refractivity contribution in [3.05, 3.63) is 28.4 Å². The van der Waals surface area contributed by atoms with Crippen LogP contribution in [-0.4, -0.2) is 23.1 Å². The van der Waals surface area contributed by atoms with Gasteiger partial charge < -0.3 is 14.9 Å². The topological polar surface area (TPSA) is 107 Å². The summed E-state index contributed by atoms with van der Waals surface area (Å²) in [5, 5.41) is 16.9. The molecule has 0 fully saturated rings. The Balaban J connectivity index is 2.99. The first-order valence-corrected chi connectivity index (χ1v) is 3.74. The molecule has 1 amide bonds. The monoisotopic (exact) mass is 210 g/mol. The largest absolute Gasteiger partial charge is 0.452 e. The third-order valence-corrected chi connectivity index (χ3v) is 1.35.